The highest BCUT2D eigenvalue weighted by Crippen LogP contribution is 2.23. The number of ether oxygens (including phenoxy) is 1. The van der Waals surface area contributed by atoms with Crippen LogP contribution >= 0.6 is 0 Å². The fourth-order valence-electron chi connectivity index (χ4n) is 3.53. The Morgan fingerprint density at radius 3 is 2.06 bits per heavy atom. The number of carbonyl (C=O) groups is 2. The quantitative estimate of drug-likeness (QED) is 0.188. The van der Waals surface area contributed by atoms with Crippen molar-refractivity contribution in [2.24, 2.45) is 0 Å². The number of aromatic carboxylic acids is 1. The molecule has 0 aliphatic heterocycles. The van der Waals surface area contributed by atoms with Gasteiger partial charge in [0.25, 0.3) is 0 Å². The summed E-state index contributed by atoms with van der Waals surface area (Å²) in [5, 5.41) is 12.0. The van der Waals surface area contributed by atoms with E-state index in [9.17, 15) is 14.7 Å². The zero-order valence-corrected chi connectivity index (χ0v) is 19.5. The van der Waals surface area contributed by atoms with E-state index in [2.05, 4.69) is 24.4 Å². The molecule has 0 heterocycles. The molecule has 0 spiro atoms. The van der Waals surface area contributed by atoms with E-state index in [-0.39, 0.29) is 17.2 Å². The van der Waals surface area contributed by atoms with Gasteiger partial charge in [0.2, 0.25) is 5.91 Å². The Balaban J connectivity index is 2.04. The van der Waals surface area contributed by atoms with Crippen LogP contribution in [0.1, 0.15) is 107 Å². The molecule has 0 saturated carbocycles. The lowest BCUT2D eigenvalue weighted by molar-refractivity contribution is -0.116. The minimum absolute atomic E-state index is 0.0429. The summed E-state index contributed by atoms with van der Waals surface area (Å²) in [6, 6.07) is 4.64. The fraction of sp³-hybridized carbons (Fsp3) is 0.615. The van der Waals surface area contributed by atoms with Crippen molar-refractivity contribution < 1.29 is 19.4 Å². The molecule has 0 aliphatic rings. The van der Waals surface area contributed by atoms with E-state index in [1.54, 1.807) is 12.1 Å². The van der Waals surface area contributed by atoms with Crippen LogP contribution in [0.15, 0.2) is 30.4 Å². The zero-order chi connectivity index (χ0) is 22.7. The minimum Gasteiger partial charge on any atom is -0.496 e. The Bertz CT molecular complexity index is 669. The SMILES string of the molecule is CCCCCCCC/C=C\CCCCCCCC(=O)Nc1ccc(OC)c(C(=O)O)c1. The number of hydrogen-bond donors (Lipinski definition) is 2. The van der Waals surface area contributed by atoms with Gasteiger partial charge in [-0.3, -0.25) is 4.79 Å². The Morgan fingerprint density at radius 2 is 1.48 bits per heavy atom. The molecular weight excluding hydrogens is 390 g/mol. The summed E-state index contributed by atoms with van der Waals surface area (Å²) >= 11 is 0. The topological polar surface area (TPSA) is 75.6 Å². The fourth-order valence-corrected chi connectivity index (χ4v) is 3.53. The summed E-state index contributed by atoms with van der Waals surface area (Å²) in [6.07, 6.45) is 21.0. The first kappa shape index (κ1) is 26.7. The molecule has 31 heavy (non-hydrogen) atoms. The summed E-state index contributed by atoms with van der Waals surface area (Å²) in [5.74, 6) is -0.882. The van der Waals surface area contributed by atoms with Crippen molar-refractivity contribution in [1.82, 2.24) is 0 Å². The summed E-state index contributed by atoms with van der Waals surface area (Å²) in [6.45, 7) is 2.25. The standard InChI is InChI=1S/C26H41NO4/c1-3-4-5-6-7-8-9-10-11-12-13-14-15-16-17-18-25(28)27-22-19-20-24(31-2)23(21-22)26(29)30/h10-11,19-21H,3-9,12-18H2,1-2H3,(H,27,28)(H,29,30)/b11-10-. The number of allylic oxidation sites excluding steroid dienone is 2. The van der Waals surface area contributed by atoms with Gasteiger partial charge in [-0.25, -0.2) is 4.79 Å². The molecule has 0 aromatic heterocycles. The first-order valence-corrected chi connectivity index (χ1v) is 11.9. The second-order valence-electron chi connectivity index (χ2n) is 8.10. The molecule has 2 N–H and O–H groups in total. The second kappa shape index (κ2) is 17.4. The lowest BCUT2D eigenvalue weighted by Crippen LogP contribution is -2.12. The van der Waals surface area contributed by atoms with E-state index in [1.807, 2.05) is 0 Å². The van der Waals surface area contributed by atoms with Crippen molar-refractivity contribution >= 4 is 17.6 Å². The van der Waals surface area contributed by atoms with Crippen molar-refractivity contribution in [2.75, 3.05) is 12.4 Å². The molecule has 1 aromatic carbocycles. The molecule has 1 amide bonds. The van der Waals surface area contributed by atoms with E-state index in [0.717, 1.165) is 25.7 Å². The number of carboxylic acid groups (broad SMARTS) is 1. The number of carbonyl (C=O) groups excluding carboxylic acids is 1. The maximum Gasteiger partial charge on any atom is 0.339 e. The van der Waals surface area contributed by atoms with Crippen molar-refractivity contribution in [3.63, 3.8) is 0 Å². The van der Waals surface area contributed by atoms with Crippen LogP contribution in [0.25, 0.3) is 0 Å². The van der Waals surface area contributed by atoms with Crippen molar-refractivity contribution in [2.45, 2.75) is 96.8 Å². The summed E-state index contributed by atoms with van der Waals surface area (Å²) < 4.78 is 5.03. The first-order chi connectivity index (χ1) is 15.1. The van der Waals surface area contributed by atoms with Crippen LogP contribution in [0.4, 0.5) is 5.69 Å². The van der Waals surface area contributed by atoms with E-state index in [4.69, 9.17) is 4.74 Å². The summed E-state index contributed by atoms with van der Waals surface area (Å²) in [7, 11) is 1.42. The highest BCUT2D eigenvalue weighted by molar-refractivity contribution is 5.95. The Hall–Kier alpha value is -2.30. The number of amides is 1. The molecule has 5 nitrogen and oxygen atoms in total. The third-order valence-electron chi connectivity index (χ3n) is 5.38. The molecule has 174 valence electrons. The minimum atomic E-state index is -1.08. The van der Waals surface area contributed by atoms with Crippen molar-refractivity contribution in [3.8, 4) is 5.75 Å². The van der Waals surface area contributed by atoms with Crippen LogP contribution in [0, 0.1) is 0 Å². The normalized spacial score (nSPS) is 11.0. The van der Waals surface area contributed by atoms with E-state index in [0.29, 0.717) is 12.1 Å². The lowest BCUT2D eigenvalue weighted by Gasteiger charge is -2.09. The van der Waals surface area contributed by atoms with Gasteiger partial charge in [0.1, 0.15) is 11.3 Å². The number of anilines is 1. The Labute approximate surface area is 188 Å². The summed E-state index contributed by atoms with van der Waals surface area (Å²) in [5.41, 5.74) is 0.525. The van der Waals surface area contributed by atoms with Crippen molar-refractivity contribution in [3.05, 3.63) is 35.9 Å². The molecule has 1 aromatic rings. The van der Waals surface area contributed by atoms with Crippen LogP contribution in [0.3, 0.4) is 0 Å². The van der Waals surface area contributed by atoms with Crippen LogP contribution in [0.2, 0.25) is 0 Å². The molecule has 0 bridgehead atoms. The average molecular weight is 432 g/mol. The number of benzene rings is 1. The summed E-state index contributed by atoms with van der Waals surface area (Å²) in [4.78, 5) is 23.3. The largest absolute Gasteiger partial charge is 0.496 e. The average Bonchev–Trinajstić information content (AvgIpc) is 2.76. The molecule has 0 radical (unpaired) electrons. The number of methoxy groups -OCH3 is 1. The third-order valence-corrected chi connectivity index (χ3v) is 5.38. The molecular formula is C26H41NO4. The molecule has 5 heteroatoms. The second-order valence-corrected chi connectivity index (χ2v) is 8.10. The van der Waals surface area contributed by atoms with Gasteiger partial charge < -0.3 is 15.2 Å². The highest BCUT2D eigenvalue weighted by Gasteiger charge is 2.12. The van der Waals surface area contributed by atoms with Gasteiger partial charge in [0, 0.05) is 12.1 Å². The van der Waals surface area contributed by atoms with Gasteiger partial charge in [-0.1, -0.05) is 70.4 Å². The molecule has 0 saturated heterocycles. The van der Waals surface area contributed by atoms with Crippen LogP contribution in [0.5, 0.6) is 5.75 Å². The van der Waals surface area contributed by atoms with Gasteiger partial charge >= 0.3 is 5.97 Å². The smallest absolute Gasteiger partial charge is 0.339 e. The van der Waals surface area contributed by atoms with Gasteiger partial charge in [-0.15, -0.1) is 0 Å². The first-order valence-electron chi connectivity index (χ1n) is 11.9. The maximum atomic E-state index is 12.1. The number of nitrogens with one attached hydrogen (secondary N) is 1. The van der Waals surface area contributed by atoms with E-state index >= 15 is 0 Å². The predicted octanol–water partition coefficient (Wildman–Crippen LogP) is 7.37. The number of hydrogen-bond acceptors (Lipinski definition) is 3. The number of unbranched alkanes of at least 4 members (excludes halogenated alkanes) is 11. The number of rotatable bonds is 18. The van der Waals surface area contributed by atoms with E-state index < -0.39 is 5.97 Å². The third kappa shape index (κ3) is 12.9. The van der Waals surface area contributed by atoms with Crippen LogP contribution in [-0.4, -0.2) is 24.1 Å². The van der Waals surface area contributed by atoms with Gasteiger partial charge in [-0.2, -0.15) is 0 Å². The van der Waals surface area contributed by atoms with E-state index in [1.165, 1.54) is 71.0 Å². The Morgan fingerprint density at radius 1 is 0.903 bits per heavy atom. The highest BCUT2D eigenvalue weighted by atomic mass is 16.5. The lowest BCUT2D eigenvalue weighted by atomic mass is 10.1. The van der Waals surface area contributed by atoms with Crippen LogP contribution < -0.4 is 10.1 Å². The Kier molecular flexibility index (Phi) is 15.0. The zero-order valence-electron chi connectivity index (χ0n) is 19.5. The van der Waals surface area contributed by atoms with Crippen LogP contribution in [-0.2, 0) is 4.79 Å². The molecule has 0 unspecified atom stereocenters. The van der Waals surface area contributed by atoms with Gasteiger partial charge in [0.15, 0.2) is 0 Å². The van der Waals surface area contributed by atoms with Gasteiger partial charge in [-0.05, 0) is 50.3 Å². The maximum absolute atomic E-state index is 12.1. The number of carboxylic acids is 1. The molecule has 0 aliphatic carbocycles. The molecule has 1 rings (SSSR count). The van der Waals surface area contributed by atoms with Crippen molar-refractivity contribution in [1.29, 1.82) is 0 Å². The molecule has 0 fully saturated rings. The molecule has 0 atom stereocenters. The van der Waals surface area contributed by atoms with Gasteiger partial charge in [0.05, 0.1) is 7.11 Å². The predicted molar refractivity (Wildman–Crippen MR) is 128 cm³/mol. The monoisotopic (exact) mass is 431 g/mol.